The Labute approximate surface area is 86.2 Å². The van der Waals surface area contributed by atoms with E-state index < -0.39 is 0 Å². The van der Waals surface area contributed by atoms with Gasteiger partial charge in [0.05, 0.1) is 0 Å². The van der Waals surface area contributed by atoms with Crippen molar-refractivity contribution < 1.29 is 0 Å². The van der Waals surface area contributed by atoms with Gasteiger partial charge in [0.15, 0.2) is 5.96 Å². The van der Waals surface area contributed by atoms with Crippen LogP contribution in [0.25, 0.3) is 0 Å². The topological polar surface area (TPSA) is 53.1 Å². The summed E-state index contributed by atoms with van der Waals surface area (Å²) in [7, 11) is 1.79. The molecule has 0 bridgehead atoms. The lowest BCUT2D eigenvalue weighted by Gasteiger charge is -2.16. The molecule has 4 heteroatoms. The maximum absolute atomic E-state index is 7.20. The van der Waals surface area contributed by atoms with Crippen molar-refractivity contribution in [1.29, 1.82) is 5.41 Å². The van der Waals surface area contributed by atoms with E-state index in [0.29, 0.717) is 6.54 Å². The second kappa shape index (κ2) is 4.28. The molecule has 0 aliphatic rings. The van der Waals surface area contributed by atoms with E-state index in [1.807, 2.05) is 24.3 Å². The Morgan fingerprint density at radius 1 is 1.62 bits per heavy atom. The predicted octanol–water partition coefficient (Wildman–Crippen LogP) is 1.77. The molecule has 1 aromatic carbocycles. The van der Waals surface area contributed by atoms with Gasteiger partial charge in [0.25, 0.3) is 0 Å². The van der Waals surface area contributed by atoms with Gasteiger partial charge >= 0.3 is 0 Å². The minimum atomic E-state index is 0.0833. The first-order valence-corrected chi connectivity index (χ1v) is 4.68. The Bertz CT molecular complexity index is 311. The Balaban J connectivity index is 2.69. The summed E-state index contributed by atoms with van der Waals surface area (Å²) in [4.78, 5) is 1.68. The maximum atomic E-state index is 7.20. The summed E-state index contributed by atoms with van der Waals surface area (Å²) in [6.45, 7) is 0.661. The molecule has 0 aliphatic carbocycles. The lowest BCUT2D eigenvalue weighted by Crippen LogP contribution is -2.32. The summed E-state index contributed by atoms with van der Waals surface area (Å²) in [5, 5.41) is 7.20. The molecule has 0 radical (unpaired) electrons. The fraction of sp³-hybridized carbons (Fsp3) is 0.222. The first-order chi connectivity index (χ1) is 6.09. The summed E-state index contributed by atoms with van der Waals surface area (Å²) in [5.41, 5.74) is 6.45. The summed E-state index contributed by atoms with van der Waals surface area (Å²) in [6, 6.07) is 7.95. The lowest BCUT2D eigenvalue weighted by atomic mass is 10.2. The minimum Gasteiger partial charge on any atom is -0.370 e. The molecule has 0 aliphatic heterocycles. The number of nitrogens with two attached hydrogens (primary N) is 1. The van der Waals surface area contributed by atoms with E-state index >= 15 is 0 Å². The van der Waals surface area contributed by atoms with Gasteiger partial charge < -0.3 is 10.6 Å². The van der Waals surface area contributed by atoms with Crippen LogP contribution in [0.2, 0.25) is 0 Å². The van der Waals surface area contributed by atoms with Crippen molar-refractivity contribution in [2.75, 3.05) is 7.05 Å². The van der Waals surface area contributed by atoms with Crippen molar-refractivity contribution >= 4 is 21.9 Å². The first kappa shape index (κ1) is 10.1. The van der Waals surface area contributed by atoms with Gasteiger partial charge in [-0.15, -0.1) is 0 Å². The van der Waals surface area contributed by atoms with E-state index in [1.165, 1.54) is 0 Å². The summed E-state index contributed by atoms with van der Waals surface area (Å²) in [5.74, 6) is 0.0833. The number of nitrogens with zero attached hydrogens (tertiary/aromatic N) is 1. The maximum Gasteiger partial charge on any atom is 0.188 e. The van der Waals surface area contributed by atoms with Crippen LogP contribution in [0.15, 0.2) is 28.7 Å². The molecule has 0 unspecified atom stereocenters. The van der Waals surface area contributed by atoms with Crippen molar-refractivity contribution in [3.05, 3.63) is 34.3 Å². The molecule has 0 saturated heterocycles. The van der Waals surface area contributed by atoms with Gasteiger partial charge in [0, 0.05) is 18.1 Å². The quantitative estimate of drug-likeness (QED) is 0.613. The first-order valence-electron chi connectivity index (χ1n) is 3.89. The number of benzene rings is 1. The van der Waals surface area contributed by atoms with Gasteiger partial charge in [0.1, 0.15) is 0 Å². The summed E-state index contributed by atoms with van der Waals surface area (Å²) >= 11 is 3.39. The zero-order valence-corrected chi connectivity index (χ0v) is 9.01. The zero-order chi connectivity index (χ0) is 9.84. The summed E-state index contributed by atoms with van der Waals surface area (Å²) < 4.78 is 1.04. The fourth-order valence-electron chi connectivity index (χ4n) is 0.994. The van der Waals surface area contributed by atoms with Gasteiger partial charge in [-0.05, 0) is 17.7 Å². The smallest absolute Gasteiger partial charge is 0.188 e. The summed E-state index contributed by atoms with van der Waals surface area (Å²) in [6.07, 6.45) is 0. The second-order valence-corrected chi connectivity index (χ2v) is 3.79. The Hall–Kier alpha value is -1.03. The molecule has 3 nitrogen and oxygen atoms in total. The van der Waals surface area contributed by atoms with Crippen molar-refractivity contribution in [2.45, 2.75) is 6.54 Å². The van der Waals surface area contributed by atoms with Crippen molar-refractivity contribution in [3.63, 3.8) is 0 Å². The lowest BCUT2D eigenvalue weighted by molar-refractivity contribution is 0.491. The molecule has 0 amide bonds. The molecule has 0 aromatic heterocycles. The Kier molecular flexibility index (Phi) is 3.31. The number of hydrogen-bond acceptors (Lipinski definition) is 1. The largest absolute Gasteiger partial charge is 0.370 e. The molecule has 3 N–H and O–H groups in total. The molecule has 13 heavy (non-hydrogen) atoms. The highest BCUT2D eigenvalue weighted by molar-refractivity contribution is 9.10. The molecule has 0 saturated carbocycles. The molecular weight excluding hydrogens is 230 g/mol. The average Bonchev–Trinajstić information content (AvgIpc) is 2.04. The van der Waals surface area contributed by atoms with Gasteiger partial charge in [-0.2, -0.15) is 0 Å². The van der Waals surface area contributed by atoms with Crippen LogP contribution in [0.3, 0.4) is 0 Å². The molecule has 0 atom stereocenters. The van der Waals surface area contributed by atoms with Crippen molar-refractivity contribution in [2.24, 2.45) is 5.73 Å². The van der Waals surface area contributed by atoms with Crippen molar-refractivity contribution in [1.82, 2.24) is 4.90 Å². The SMILES string of the molecule is CN(Cc1cccc(Br)c1)C(=N)N. The van der Waals surface area contributed by atoms with Crippen LogP contribution in [0, 0.1) is 5.41 Å². The van der Waals surface area contributed by atoms with Crippen LogP contribution in [-0.2, 0) is 6.54 Å². The fourth-order valence-corrected chi connectivity index (χ4v) is 1.44. The third-order valence-corrected chi connectivity index (χ3v) is 2.21. The van der Waals surface area contributed by atoms with Crippen LogP contribution < -0.4 is 5.73 Å². The van der Waals surface area contributed by atoms with Crippen LogP contribution in [0.4, 0.5) is 0 Å². The molecule has 1 aromatic rings. The Morgan fingerprint density at radius 2 is 2.31 bits per heavy atom. The van der Waals surface area contributed by atoms with Crippen LogP contribution in [-0.4, -0.2) is 17.9 Å². The predicted molar refractivity (Wildman–Crippen MR) is 57.5 cm³/mol. The van der Waals surface area contributed by atoms with Gasteiger partial charge in [-0.25, -0.2) is 0 Å². The zero-order valence-electron chi connectivity index (χ0n) is 7.42. The molecule has 1 rings (SSSR count). The average molecular weight is 242 g/mol. The number of rotatable bonds is 2. The molecule has 0 fully saturated rings. The van der Waals surface area contributed by atoms with Crippen LogP contribution >= 0.6 is 15.9 Å². The third kappa shape index (κ3) is 3.06. The number of guanidine groups is 1. The van der Waals surface area contributed by atoms with E-state index in [9.17, 15) is 0 Å². The standard InChI is InChI=1S/C9H12BrN3/c1-13(9(11)12)6-7-3-2-4-8(10)5-7/h2-5H,6H2,1H3,(H3,11,12). The number of nitrogens with one attached hydrogen (secondary N) is 1. The minimum absolute atomic E-state index is 0.0833. The van der Waals surface area contributed by atoms with Crippen LogP contribution in [0.5, 0.6) is 0 Å². The van der Waals surface area contributed by atoms with Crippen molar-refractivity contribution in [3.8, 4) is 0 Å². The number of halogens is 1. The normalized spacial score (nSPS) is 9.69. The van der Waals surface area contributed by atoms with E-state index in [2.05, 4.69) is 15.9 Å². The third-order valence-electron chi connectivity index (χ3n) is 1.72. The molecule has 70 valence electrons. The molecular formula is C9H12BrN3. The highest BCUT2D eigenvalue weighted by Gasteiger charge is 2.00. The van der Waals surface area contributed by atoms with E-state index in [-0.39, 0.29) is 5.96 Å². The van der Waals surface area contributed by atoms with E-state index in [1.54, 1.807) is 11.9 Å². The van der Waals surface area contributed by atoms with Gasteiger partial charge in [0.2, 0.25) is 0 Å². The molecule has 0 heterocycles. The highest BCUT2D eigenvalue weighted by Crippen LogP contribution is 2.12. The van der Waals surface area contributed by atoms with Crippen LogP contribution in [0.1, 0.15) is 5.56 Å². The van der Waals surface area contributed by atoms with Gasteiger partial charge in [-0.3, -0.25) is 5.41 Å². The highest BCUT2D eigenvalue weighted by atomic mass is 79.9. The second-order valence-electron chi connectivity index (χ2n) is 2.87. The Morgan fingerprint density at radius 3 is 2.85 bits per heavy atom. The van der Waals surface area contributed by atoms with Gasteiger partial charge in [-0.1, -0.05) is 28.1 Å². The number of hydrogen-bond donors (Lipinski definition) is 2. The van der Waals surface area contributed by atoms with E-state index in [4.69, 9.17) is 11.1 Å². The van der Waals surface area contributed by atoms with E-state index in [0.717, 1.165) is 10.0 Å². The monoisotopic (exact) mass is 241 g/mol. The molecule has 0 spiro atoms.